The number of hydrogen-bond donors (Lipinski definition) is 6. The minimum atomic E-state index is -2.66. The SMILES string of the molecule is COCCNCc1cc(N(C)C)c2c(c1O)C(O)=C1C(=O)[C@]3(O)C(O)=C(C(N)=O)C(=O)[C@@H](N(C)C)[C@@H]3C[C@@H]1C2. The van der Waals surface area contributed by atoms with Gasteiger partial charge in [-0.05, 0) is 44.5 Å². The second-order valence-corrected chi connectivity index (χ2v) is 10.8. The number of primary amides is 1. The van der Waals surface area contributed by atoms with Crippen LogP contribution < -0.4 is 16.0 Å². The number of Topliss-reactive ketones (excluding diaryl/α,β-unsaturated/α-hetero) is 2. The monoisotopic (exact) mass is 544 g/mol. The Kier molecular flexibility index (Phi) is 7.52. The molecule has 1 amide bonds. The third kappa shape index (κ3) is 4.27. The van der Waals surface area contributed by atoms with E-state index in [1.165, 1.54) is 4.90 Å². The summed E-state index contributed by atoms with van der Waals surface area (Å²) in [7, 11) is 8.36. The molecule has 1 fully saturated rings. The van der Waals surface area contributed by atoms with Crippen molar-refractivity contribution in [2.75, 3.05) is 53.4 Å². The van der Waals surface area contributed by atoms with Crippen molar-refractivity contribution < 1.29 is 39.5 Å². The highest BCUT2D eigenvalue weighted by atomic mass is 16.5. The van der Waals surface area contributed by atoms with E-state index in [2.05, 4.69) is 5.32 Å². The van der Waals surface area contributed by atoms with Crippen molar-refractivity contribution in [1.82, 2.24) is 10.2 Å². The van der Waals surface area contributed by atoms with Crippen LogP contribution in [0.5, 0.6) is 5.75 Å². The molecule has 0 spiro atoms. The second kappa shape index (κ2) is 10.3. The Labute approximate surface area is 226 Å². The summed E-state index contributed by atoms with van der Waals surface area (Å²) in [5, 5.41) is 48.6. The average molecular weight is 545 g/mol. The fraction of sp³-hybridized carbons (Fsp3) is 0.519. The summed E-state index contributed by atoms with van der Waals surface area (Å²) in [5.41, 5.74) is 3.59. The molecule has 3 aliphatic rings. The van der Waals surface area contributed by atoms with Crippen LogP contribution in [-0.4, -0.2) is 103 Å². The average Bonchev–Trinajstić information content (AvgIpc) is 2.84. The van der Waals surface area contributed by atoms with Crippen molar-refractivity contribution in [3.8, 4) is 5.75 Å². The first kappa shape index (κ1) is 28.6. The Bertz CT molecular complexity index is 1300. The van der Waals surface area contributed by atoms with Crippen LogP contribution in [0.15, 0.2) is 23.0 Å². The van der Waals surface area contributed by atoms with E-state index in [0.717, 1.165) is 5.69 Å². The van der Waals surface area contributed by atoms with Gasteiger partial charge < -0.3 is 41.1 Å². The lowest BCUT2D eigenvalue weighted by Gasteiger charge is -2.50. The van der Waals surface area contributed by atoms with Gasteiger partial charge in [-0.25, -0.2) is 0 Å². The number of nitrogens with one attached hydrogen (secondary N) is 1. The van der Waals surface area contributed by atoms with Crippen LogP contribution in [0.1, 0.15) is 23.1 Å². The molecule has 4 rings (SSSR count). The first-order valence-electron chi connectivity index (χ1n) is 12.7. The van der Waals surface area contributed by atoms with Crippen molar-refractivity contribution in [3.05, 3.63) is 39.7 Å². The first-order chi connectivity index (χ1) is 18.3. The summed E-state index contributed by atoms with van der Waals surface area (Å²) in [5.74, 6) is -6.65. The number of phenolic OH excluding ortho intramolecular Hbond substituents is 1. The number of aliphatic hydroxyl groups is 3. The molecule has 0 saturated heterocycles. The molecule has 0 aromatic heterocycles. The molecule has 4 atom stereocenters. The van der Waals surface area contributed by atoms with Gasteiger partial charge in [0, 0.05) is 57.0 Å². The zero-order valence-electron chi connectivity index (χ0n) is 22.7. The second-order valence-electron chi connectivity index (χ2n) is 10.8. The van der Waals surface area contributed by atoms with E-state index >= 15 is 0 Å². The molecule has 1 aromatic carbocycles. The van der Waals surface area contributed by atoms with Crippen molar-refractivity contribution in [2.24, 2.45) is 17.6 Å². The van der Waals surface area contributed by atoms with Crippen molar-refractivity contribution >= 4 is 28.9 Å². The number of methoxy groups -OCH3 is 1. The number of amides is 1. The zero-order valence-corrected chi connectivity index (χ0v) is 22.7. The van der Waals surface area contributed by atoms with Crippen molar-refractivity contribution in [3.63, 3.8) is 0 Å². The van der Waals surface area contributed by atoms with Gasteiger partial charge in [0.1, 0.15) is 22.8 Å². The Morgan fingerprint density at radius 1 is 1.21 bits per heavy atom. The van der Waals surface area contributed by atoms with Crippen LogP contribution in [0, 0.1) is 11.8 Å². The number of anilines is 1. The van der Waals surface area contributed by atoms with Gasteiger partial charge in [-0.15, -0.1) is 0 Å². The summed E-state index contributed by atoms with van der Waals surface area (Å²) in [6, 6.07) is 0.693. The molecule has 1 saturated carbocycles. The number of aliphatic hydroxyl groups excluding tert-OH is 2. The summed E-state index contributed by atoms with van der Waals surface area (Å²) in [4.78, 5) is 42.6. The van der Waals surface area contributed by atoms with Crippen LogP contribution in [0.3, 0.4) is 0 Å². The number of hydrogen-bond acceptors (Lipinski definition) is 11. The van der Waals surface area contributed by atoms with E-state index in [9.17, 15) is 34.8 Å². The summed E-state index contributed by atoms with van der Waals surface area (Å²) < 4.78 is 5.04. The Morgan fingerprint density at radius 2 is 1.87 bits per heavy atom. The van der Waals surface area contributed by atoms with Gasteiger partial charge in [0.2, 0.25) is 5.78 Å². The van der Waals surface area contributed by atoms with Crippen LogP contribution in [0.4, 0.5) is 5.69 Å². The number of ketones is 2. The molecule has 212 valence electrons. The molecule has 0 bridgehead atoms. The standard InChI is InChI=1S/C27H36N4O8/c1-30(2)16-10-13(11-29-6-7-39-5)21(32)18-14(16)8-12-9-15-20(31(3)4)23(34)19(26(28)37)25(36)27(15,38)24(35)17(12)22(18)33/h10,12,15,20,29,32-33,36,38H,6-9,11H2,1-5H3,(H2,28,37)/t12-,15-,20-,27-/m0/s1. The topological polar surface area (TPSA) is 186 Å². The molecular formula is C27H36N4O8. The summed E-state index contributed by atoms with van der Waals surface area (Å²) in [6.07, 6.45) is 0.271. The van der Waals surface area contributed by atoms with Crippen LogP contribution in [0.2, 0.25) is 0 Å². The van der Waals surface area contributed by atoms with E-state index < -0.39 is 58.0 Å². The lowest BCUT2D eigenvalue weighted by molar-refractivity contribution is -0.153. The van der Waals surface area contributed by atoms with Gasteiger partial charge >= 0.3 is 0 Å². The Morgan fingerprint density at radius 3 is 2.44 bits per heavy atom. The molecule has 3 aliphatic carbocycles. The minimum Gasteiger partial charge on any atom is -0.508 e. The van der Waals surface area contributed by atoms with E-state index in [1.807, 2.05) is 25.1 Å². The maximum absolute atomic E-state index is 14.0. The number of nitrogens with two attached hydrogens (primary N) is 1. The number of ether oxygens (including phenoxy) is 1. The highest BCUT2D eigenvalue weighted by molar-refractivity contribution is 6.24. The lowest BCUT2D eigenvalue weighted by atomic mass is 9.57. The van der Waals surface area contributed by atoms with Gasteiger partial charge in [0.15, 0.2) is 11.4 Å². The number of benzene rings is 1. The van der Waals surface area contributed by atoms with Crippen molar-refractivity contribution in [2.45, 2.75) is 31.0 Å². The van der Waals surface area contributed by atoms with Gasteiger partial charge in [-0.1, -0.05) is 0 Å². The third-order valence-corrected chi connectivity index (χ3v) is 8.06. The van der Waals surface area contributed by atoms with E-state index in [-0.39, 0.29) is 36.3 Å². The molecule has 0 aliphatic heterocycles. The summed E-state index contributed by atoms with van der Waals surface area (Å²) in [6.45, 7) is 1.23. The van der Waals surface area contributed by atoms with Gasteiger partial charge in [-0.2, -0.15) is 0 Å². The predicted octanol–water partition coefficient (Wildman–Crippen LogP) is -0.234. The van der Waals surface area contributed by atoms with Crippen LogP contribution in [-0.2, 0) is 32.1 Å². The molecule has 12 heteroatoms. The molecule has 7 N–H and O–H groups in total. The molecule has 0 heterocycles. The van der Waals surface area contributed by atoms with Crippen LogP contribution in [0.25, 0.3) is 5.76 Å². The zero-order chi connectivity index (χ0) is 29.0. The molecule has 1 aromatic rings. The molecule has 39 heavy (non-hydrogen) atoms. The fourth-order valence-corrected chi connectivity index (χ4v) is 6.28. The minimum absolute atomic E-state index is 0.0414. The van der Waals surface area contributed by atoms with E-state index in [4.69, 9.17) is 10.5 Å². The number of nitrogens with zero attached hydrogens (tertiary/aromatic N) is 2. The number of fused-ring (bicyclic) bond motifs is 3. The smallest absolute Gasteiger partial charge is 0.255 e. The molecule has 0 unspecified atom stereocenters. The third-order valence-electron chi connectivity index (χ3n) is 8.06. The van der Waals surface area contributed by atoms with Gasteiger partial charge in [-0.3, -0.25) is 19.3 Å². The maximum atomic E-state index is 14.0. The Hall–Kier alpha value is -3.45. The highest BCUT2D eigenvalue weighted by Gasteiger charge is 2.64. The number of phenols is 1. The number of aromatic hydroxyl groups is 1. The molecular weight excluding hydrogens is 508 g/mol. The lowest BCUT2D eigenvalue weighted by Crippen LogP contribution is -2.65. The molecule has 12 nitrogen and oxygen atoms in total. The van der Waals surface area contributed by atoms with E-state index in [0.29, 0.717) is 24.3 Å². The van der Waals surface area contributed by atoms with Gasteiger partial charge in [0.05, 0.1) is 18.2 Å². The van der Waals surface area contributed by atoms with E-state index in [1.54, 1.807) is 21.2 Å². The molecule has 0 radical (unpaired) electrons. The number of carbonyl (C=O) groups is 3. The first-order valence-corrected chi connectivity index (χ1v) is 12.7. The quantitative estimate of drug-likeness (QED) is 0.187. The summed E-state index contributed by atoms with van der Waals surface area (Å²) >= 11 is 0. The fourth-order valence-electron chi connectivity index (χ4n) is 6.28. The number of rotatable bonds is 8. The highest BCUT2D eigenvalue weighted by Crippen LogP contribution is 2.54. The normalized spacial score (nSPS) is 26.5. The van der Waals surface area contributed by atoms with Crippen LogP contribution >= 0.6 is 0 Å². The Balaban J connectivity index is 1.92. The largest absolute Gasteiger partial charge is 0.508 e. The number of likely N-dealkylation sites (N-methyl/N-ethyl adjacent to an activating group) is 1. The maximum Gasteiger partial charge on any atom is 0.255 e. The van der Waals surface area contributed by atoms with Crippen molar-refractivity contribution in [1.29, 1.82) is 0 Å². The number of carbonyl (C=O) groups excluding carboxylic acids is 3. The van der Waals surface area contributed by atoms with Gasteiger partial charge in [0.25, 0.3) is 5.91 Å². The predicted molar refractivity (Wildman–Crippen MR) is 142 cm³/mol.